The summed E-state index contributed by atoms with van der Waals surface area (Å²) in [4.78, 5) is 0. The fraction of sp³-hybridized carbons (Fsp3) is 0.400. The third-order valence-corrected chi connectivity index (χ3v) is 3.59. The maximum Gasteiger partial charge on any atom is 0.129 e. The summed E-state index contributed by atoms with van der Waals surface area (Å²) in [5.41, 5.74) is 1.26. The molecule has 0 saturated carbocycles. The number of rotatable bonds is 6. The lowest BCUT2D eigenvalue weighted by Crippen LogP contribution is -2.29. The molecule has 5 heteroatoms. The van der Waals surface area contributed by atoms with Crippen molar-refractivity contribution in [2.24, 2.45) is 7.05 Å². The van der Waals surface area contributed by atoms with E-state index in [4.69, 9.17) is 0 Å². The second-order valence-corrected chi connectivity index (χ2v) is 4.87. The molecule has 1 aromatic carbocycles. The fourth-order valence-electron chi connectivity index (χ4n) is 2.29. The summed E-state index contributed by atoms with van der Waals surface area (Å²) in [5, 5.41) is 7.23. The molecular formula is C15H19F2N3. The summed E-state index contributed by atoms with van der Waals surface area (Å²) in [5.74, 6) is -0.962. The maximum atomic E-state index is 13.6. The van der Waals surface area contributed by atoms with E-state index in [1.165, 1.54) is 18.2 Å². The van der Waals surface area contributed by atoms with Gasteiger partial charge in [0.15, 0.2) is 0 Å². The molecule has 0 amide bonds. The molecule has 108 valence electrons. The second kappa shape index (κ2) is 6.61. The average Bonchev–Trinajstić information content (AvgIpc) is 2.83. The van der Waals surface area contributed by atoms with Crippen molar-refractivity contribution < 1.29 is 8.78 Å². The van der Waals surface area contributed by atoms with Crippen molar-refractivity contribution in [3.05, 3.63) is 53.4 Å². The molecular weight excluding hydrogens is 260 g/mol. The van der Waals surface area contributed by atoms with Gasteiger partial charge in [0, 0.05) is 30.5 Å². The van der Waals surface area contributed by atoms with E-state index in [2.05, 4.69) is 10.4 Å². The molecule has 0 spiro atoms. The Labute approximate surface area is 117 Å². The molecule has 2 rings (SSSR count). The topological polar surface area (TPSA) is 29.9 Å². The van der Waals surface area contributed by atoms with Crippen LogP contribution in [0.15, 0.2) is 30.5 Å². The van der Waals surface area contributed by atoms with Gasteiger partial charge in [-0.25, -0.2) is 8.78 Å². The van der Waals surface area contributed by atoms with Crippen LogP contribution < -0.4 is 5.32 Å². The van der Waals surface area contributed by atoms with Gasteiger partial charge < -0.3 is 5.32 Å². The Balaban J connectivity index is 2.01. The monoisotopic (exact) mass is 279 g/mol. The zero-order valence-electron chi connectivity index (χ0n) is 11.7. The second-order valence-electron chi connectivity index (χ2n) is 4.87. The van der Waals surface area contributed by atoms with Gasteiger partial charge in [-0.2, -0.15) is 5.10 Å². The van der Waals surface area contributed by atoms with Gasteiger partial charge in [0.2, 0.25) is 0 Å². The summed E-state index contributed by atoms with van der Waals surface area (Å²) in [6.07, 6.45) is 3.70. The zero-order chi connectivity index (χ0) is 14.5. The fourth-order valence-corrected chi connectivity index (χ4v) is 2.29. The van der Waals surface area contributed by atoms with Crippen LogP contribution in [-0.4, -0.2) is 22.9 Å². The first kappa shape index (κ1) is 14.7. The first-order valence-electron chi connectivity index (χ1n) is 6.69. The van der Waals surface area contributed by atoms with Crippen molar-refractivity contribution >= 4 is 0 Å². The minimum atomic E-state index is -0.481. The molecule has 0 saturated heterocycles. The first-order valence-corrected chi connectivity index (χ1v) is 6.69. The van der Waals surface area contributed by atoms with Gasteiger partial charge in [-0.05, 0) is 44.5 Å². The van der Waals surface area contributed by atoms with Crippen LogP contribution in [0.4, 0.5) is 8.78 Å². The van der Waals surface area contributed by atoms with Gasteiger partial charge in [-0.1, -0.05) is 6.07 Å². The van der Waals surface area contributed by atoms with Crippen molar-refractivity contribution in [3.8, 4) is 0 Å². The Kier molecular flexibility index (Phi) is 4.84. The third-order valence-electron chi connectivity index (χ3n) is 3.59. The lowest BCUT2D eigenvalue weighted by molar-refractivity contribution is 0.478. The predicted molar refractivity (Wildman–Crippen MR) is 74.4 cm³/mol. The molecule has 1 N–H and O–H groups in total. The molecule has 0 bridgehead atoms. The van der Waals surface area contributed by atoms with E-state index >= 15 is 0 Å². The molecule has 2 aromatic rings. The predicted octanol–water partition coefficient (Wildman–Crippen LogP) is 2.46. The highest BCUT2D eigenvalue weighted by Gasteiger charge is 2.15. The highest BCUT2D eigenvalue weighted by Crippen LogP contribution is 2.16. The quantitative estimate of drug-likeness (QED) is 0.880. The normalized spacial score (nSPS) is 12.6. The van der Waals surface area contributed by atoms with Gasteiger partial charge in [-0.3, -0.25) is 4.68 Å². The SMILES string of the molecule is CNC(CCc1ccnn1C)Cc1c(F)cccc1F. The van der Waals surface area contributed by atoms with Crippen LogP contribution in [0, 0.1) is 11.6 Å². The van der Waals surface area contributed by atoms with Crippen LogP contribution in [0.3, 0.4) is 0 Å². The van der Waals surface area contributed by atoms with Gasteiger partial charge in [0.1, 0.15) is 11.6 Å². The van der Waals surface area contributed by atoms with Gasteiger partial charge in [0.05, 0.1) is 0 Å². The van der Waals surface area contributed by atoms with Gasteiger partial charge in [-0.15, -0.1) is 0 Å². The number of aryl methyl sites for hydroxylation is 2. The Hall–Kier alpha value is -1.75. The molecule has 20 heavy (non-hydrogen) atoms. The molecule has 1 atom stereocenters. The minimum absolute atomic E-state index is 0.0244. The van der Waals surface area contributed by atoms with Crippen molar-refractivity contribution in [2.75, 3.05) is 7.05 Å². The number of hydrogen-bond acceptors (Lipinski definition) is 2. The van der Waals surface area contributed by atoms with Gasteiger partial charge >= 0.3 is 0 Å². The Morgan fingerprint density at radius 3 is 2.50 bits per heavy atom. The Morgan fingerprint density at radius 2 is 1.95 bits per heavy atom. The van der Waals surface area contributed by atoms with Crippen molar-refractivity contribution in [3.63, 3.8) is 0 Å². The summed E-state index contributed by atoms with van der Waals surface area (Å²) in [6.45, 7) is 0. The van der Waals surface area contributed by atoms with E-state index in [0.717, 1.165) is 18.5 Å². The molecule has 1 heterocycles. The van der Waals surface area contributed by atoms with E-state index in [1.54, 1.807) is 6.20 Å². The lowest BCUT2D eigenvalue weighted by Gasteiger charge is -2.17. The smallest absolute Gasteiger partial charge is 0.129 e. The van der Waals surface area contributed by atoms with E-state index in [0.29, 0.717) is 6.42 Å². The number of hydrogen-bond donors (Lipinski definition) is 1. The zero-order valence-corrected chi connectivity index (χ0v) is 11.7. The van der Waals surface area contributed by atoms with Crippen LogP contribution in [0.2, 0.25) is 0 Å². The summed E-state index contributed by atoms with van der Waals surface area (Å²) in [6, 6.07) is 5.96. The van der Waals surface area contributed by atoms with Crippen LogP contribution in [0.5, 0.6) is 0 Å². The number of aromatic nitrogens is 2. The van der Waals surface area contributed by atoms with Crippen molar-refractivity contribution in [1.82, 2.24) is 15.1 Å². The van der Waals surface area contributed by atoms with Crippen LogP contribution in [0.25, 0.3) is 0 Å². The summed E-state index contributed by atoms with van der Waals surface area (Å²) < 4.78 is 29.1. The number of halogens is 2. The molecule has 0 radical (unpaired) electrons. The van der Waals surface area contributed by atoms with E-state index in [9.17, 15) is 8.78 Å². The van der Waals surface area contributed by atoms with E-state index in [-0.39, 0.29) is 11.6 Å². The number of likely N-dealkylation sites (N-methyl/N-ethyl adjacent to an activating group) is 1. The lowest BCUT2D eigenvalue weighted by atomic mass is 10.00. The average molecular weight is 279 g/mol. The van der Waals surface area contributed by atoms with Crippen LogP contribution >= 0.6 is 0 Å². The Bertz CT molecular complexity index is 546. The van der Waals surface area contributed by atoms with Crippen molar-refractivity contribution in [1.29, 1.82) is 0 Å². The highest BCUT2D eigenvalue weighted by atomic mass is 19.1. The minimum Gasteiger partial charge on any atom is -0.317 e. The Morgan fingerprint density at radius 1 is 1.25 bits per heavy atom. The molecule has 3 nitrogen and oxygen atoms in total. The number of benzene rings is 1. The summed E-state index contributed by atoms with van der Waals surface area (Å²) >= 11 is 0. The number of nitrogens with zero attached hydrogens (tertiary/aromatic N) is 2. The number of nitrogens with one attached hydrogen (secondary N) is 1. The molecule has 0 fully saturated rings. The molecule has 0 aliphatic carbocycles. The molecule has 0 aliphatic heterocycles. The highest BCUT2D eigenvalue weighted by molar-refractivity contribution is 5.20. The molecule has 1 unspecified atom stereocenters. The first-order chi connectivity index (χ1) is 9.61. The molecule has 1 aromatic heterocycles. The third kappa shape index (κ3) is 3.42. The maximum absolute atomic E-state index is 13.6. The van der Waals surface area contributed by atoms with Crippen LogP contribution in [0.1, 0.15) is 17.7 Å². The van der Waals surface area contributed by atoms with Crippen LogP contribution in [-0.2, 0) is 19.9 Å². The van der Waals surface area contributed by atoms with Crippen molar-refractivity contribution in [2.45, 2.75) is 25.3 Å². The largest absolute Gasteiger partial charge is 0.317 e. The summed E-state index contributed by atoms with van der Waals surface area (Å²) in [7, 11) is 3.70. The molecule has 0 aliphatic rings. The standard InChI is InChI=1S/C15H19F2N3/c1-18-11(6-7-12-8-9-19-20(12)2)10-13-14(16)4-3-5-15(13)17/h3-5,8-9,11,18H,6-7,10H2,1-2H3. The van der Waals surface area contributed by atoms with Gasteiger partial charge in [0.25, 0.3) is 0 Å². The van der Waals surface area contributed by atoms with E-state index < -0.39 is 11.6 Å². The van der Waals surface area contributed by atoms with E-state index in [1.807, 2.05) is 24.8 Å².